The van der Waals surface area contributed by atoms with Gasteiger partial charge in [-0.25, -0.2) is 4.98 Å². The van der Waals surface area contributed by atoms with Crippen LogP contribution in [0.1, 0.15) is 17.3 Å². The number of aromatic amines is 1. The molecule has 0 aliphatic rings. The molecule has 0 spiro atoms. The summed E-state index contributed by atoms with van der Waals surface area (Å²) in [5.74, 6) is -0.362. The fourth-order valence-electron chi connectivity index (χ4n) is 0.888. The number of rotatable bonds is 3. The molecule has 0 aliphatic carbocycles. The van der Waals surface area contributed by atoms with Crippen LogP contribution in [0.5, 0.6) is 0 Å². The maximum Gasteiger partial charge on any atom is 0.196 e. The van der Waals surface area contributed by atoms with Crippen molar-refractivity contribution in [2.45, 2.75) is 19.1 Å². The van der Waals surface area contributed by atoms with E-state index in [1.807, 2.05) is 0 Å². The molecule has 0 bridgehead atoms. The first-order valence-electron chi connectivity index (χ1n) is 4.05. The highest BCUT2D eigenvalue weighted by Crippen LogP contribution is 2.01. The molecule has 5 nitrogen and oxygen atoms in total. The molecule has 0 aromatic carbocycles. The van der Waals surface area contributed by atoms with Crippen LogP contribution in [0.4, 0.5) is 0 Å². The fourth-order valence-corrected chi connectivity index (χ4v) is 1.00. The zero-order chi connectivity index (χ0) is 10.7. The van der Waals surface area contributed by atoms with Crippen molar-refractivity contribution in [2.24, 2.45) is 5.73 Å². The quantitative estimate of drug-likeness (QED) is 0.486. The van der Waals surface area contributed by atoms with E-state index in [1.165, 1.54) is 19.3 Å². The SMILES string of the molecule is C[C@@H](O)[C@H](N)C(=O)c1cnc(=S)[nH]c1. The standard InChI is InChI=1S/C8H11N3O2S/c1-4(12)6(9)7(13)5-2-10-8(14)11-3-5/h2-4,6,12H,9H2,1H3,(H,10,11,14)/t4-,6+/m1/s1. The lowest BCUT2D eigenvalue weighted by molar-refractivity contribution is 0.0846. The van der Waals surface area contributed by atoms with Crippen LogP contribution in [0.25, 0.3) is 0 Å². The molecule has 0 saturated heterocycles. The minimum absolute atomic E-state index is 0.298. The van der Waals surface area contributed by atoms with E-state index in [1.54, 1.807) is 0 Å². The van der Waals surface area contributed by atoms with Crippen molar-refractivity contribution in [1.29, 1.82) is 0 Å². The first kappa shape index (κ1) is 11.0. The topological polar surface area (TPSA) is 92.0 Å². The van der Waals surface area contributed by atoms with Crippen molar-refractivity contribution in [2.75, 3.05) is 0 Å². The van der Waals surface area contributed by atoms with Gasteiger partial charge < -0.3 is 15.8 Å². The van der Waals surface area contributed by atoms with Crippen LogP contribution in [0, 0.1) is 4.77 Å². The molecule has 0 amide bonds. The van der Waals surface area contributed by atoms with Gasteiger partial charge in [-0.1, -0.05) is 0 Å². The third-order valence-electron chi connectivity index (χ3n) is 1.78. The lowest BCUT2D eigenvalue weighted by atomic mass is 10.0. The average molecular weight is 213 g/mol. The summed E-state index contributed by atoms with van der Waals surface area (Å²) in [5, 5.41) is 9.11. The fraction of sp³-hybridized carbons (Fsp3) is 0.375. The summed E-state index contributed by atoms with van der Waals surface area (Å²) in [6.07, 6.45) is 1.88. The van der Waals surface area contributed by atoms with E-state index in [2.05, 4.69) is 9.97 Å². The number of aromatic nitrogens is 2. The van der Waals surface area contributed by atoms with Gasteiger partial charge in [0, 0.05) is 12.4 Å². The van der Waals surface area contributed by atoms with E-state index in [-0.39, 0.29) is 5.78 Å². The van der Waals surface area contributed by atoms with Gasteiger partial charge in [-0.05, 0) is 19.1 Å². The van der Waals surface area contributed by atoms with E-state index in [9.17, 15) is 4.79 Å². The number of nitrogens with two attached hydrogens (primary N) is 1. The summed E-state index contributed by atoms with van der Waals surface area (Å²) in [6.45, 7) is 1.46. The highest BCUT2D eigenvalue weighted by molar-refractivity contribution is 7.71. The Morgan fingerprint density at radius 3 is 2.86 bits per heavy atom. The maximum atomic E-state index is 11.5. The van der Waals surface area contributed by atoms with Crippen molar-refractivity contribution in [3.05, 3.63) is 22.7 Å². The molecule has 0 unspecified atom stereocenters. The molecule has 1 aromatic heterocycles. The highest BCUT2D eigenvalue weighted by Gasteiger charge is 2.20. The van der Waals surface area contributed by atoms with Crippen molar-refractivity contribution in [3.63, 3.8) is 0 Å². The van der Waals surface area contributed by atoms with E-state index in [0.29, 0.717) is 10.3 Å². The number of aliphatic hydroxyl groups excluding tert-OH is 1. The van der Waals surface area contributed by atoms with Gasteiger partial charge in [0.15, 0.2) is 10.6 Å². The zero-order valence-corrected chi connectivity index (χ0v) is 8.41. The monoisotopic (exact) mass is 213 g/mol. The number of nitrogens with one attached hydrogen (secondary N) is 1. The Hall–Kier alpha value is -1.11. The molecular formula is C8H11N3O2S. The molecule has 0 saturated carbocycles. The molecule has 76 valence electrons. The molecule has 0 radical (unpaired) electrons. The predicted octanol–water partition coefficient (Wildman–Crippen LogP) is 0.0300. The predicted molar refractivity (Wildman–Crippen MR) is 53.4 cm³/mol. The van der Waals surface area contributed by atoms with Crippen LogP contribution in [-0.4, -0.2) is 33.0 Å². The summed E-state index contributed by atoms with van der Waals surface area (Å²) >= 11 is 4.72. The Balaban J connectivity index is 2.90. The number of carbonyl (C=O) groups is 1. The lowest BCUT2D eigenvalue weighted by Crippen LogP contribution is -2.40. The Labute approximate surface area is 86.0 Å². The zero-order valence-electron chi connectivity index (χ0n) is 7.60. The van der Waals surface area contributed by atoms with E-state index >= 15 is 0 Å². The van der Waals surface area contributed by atoms with E-state index < -0.39 is 12.1 Å². The van der Waals surface area contributed by atoms with E-state index in [4.69, 9.17) is 23.1 Å². The molecule has 14 heavy (non-hydrogen) atoms. The van der Waals surface area contributed by atoms with Crippen LogP contribution in [0.3, 0.4) is 0 Å². The van der Waals surface area contributed by atoms with Crippen molar-refractivity contribution in [3.8, 4) is 0 Å². The maximum absolute atomic E-state index is 11.5. The number of carbonyl (C=O) groups excluding carboxylic acids is 1. The summed E-state index contributed by atoms with van der Waals surface area (Å²) in [4.78, 5) is 17.9. The lowest BCUT2D eigenvalue weighted by Gasteiger charge is -2.12. The minimum Gasteiger partial charge on any atom is -0.391 e. The highest BCUT2D eigenvalue weighted by atomic mass is 32.1. The first-order chi connectivity index (χ1) is 6.52. The number of hydrogen-bond acceptors (Lipinski definition) is 5. The van der Waals surface area contributed by atoms with Crippen LogP contribution in [0.2, 0.25) is 0 Å². The summed E-state index contributed by atoms with van der Waals surface area (Å²) in [7, 11) is 0. The average Bonchev–Trinajstić information content (AvgIpc) is 2.16. The molecule has 0 fully saturated rings. The minimum atomic E-state index is -0.929. The van der Waals surface area contributed by atoms with Gasteiger partial charge in [0.2, 0.25) is 0 Å². The summed E-state index contributed by atoms with van der Waals surface area (Å²) in [5.41, 5.74) is 5.77. The van der Waals surface area contributed by atoms with Crippen molar-refractivity contribution in [1.82, 2.24) is 9.97 Å². The molecule has 4 N–H and O–H groups in total. The third-order valence-corrected chi connectivity index (χ3v) is 2.00. The Morgan fingerprint density at radius 1 is 1.79 bits per heavy atom. The Morgan fingerprint density at radius 2 is 2.43 bits per heavy atom. The van der Waals surface area contributed by atoms with Crippen LogP contribution in [0.15, 0.2) is 12.4 Å². The summed E-state index contributed by atoms with van der Waals surface area (Å²) in [6, 6.07) is -0.929. The molecule has 1 heterocycles. The normalized spacial score (nSPS) is 14.8. The van der Waals surface area contributed by atoms with Crippen LogP contribution in [-0.2, 0) is 0 Å². The molecule has 1 rings (SSSR count). The Bertz CT molecular complexity index is 368. The third kappa shape index (κ3) is 2.44. The van der Waals surface area contributed by atoms with Gasteiger partial charge in [-0.2, -0.15) is 0 Å². The second-order valence-corrected chi connectivity index (χ2v) is 3.32. The van der Waals surface area contributed by atoms with E-state index in [0.717, 1.165) is 0 Å². The number of Topliss-reactive ketones (excluding diaryl/α,β-unsaturated/α-hetero) is 1. The van der Waals surface area contributed by atoms with Gasteiger partial charge in [0.05, 0.1) is 17.7 Å². The second-order valence-electron chi connectivity index (χ2n) is 2.94. The number of ketones is 1. The van der Waals surface area contributed by atoms with Crippen molar-refractivity contribution < 1.29 is 9.90 Å². The number of hydrogen-bond donors (Lipinski definition) is 3. The van der Waals surface area contributed by atoms with Crippen molar-refractivity contribution >= 4 is 18.0 Å². The van der Waals surface area contributed by atoms with Crippen LogP contribution >= 0.6 is 12.2 Å². The van der Waals surface area contributed by atoms with Gasteiger partial charge in [-0.3, -0.25) is 4.79 Å². The van der Waals surface area contributed by atoms with Crippen LogP contribution < -0.4 is 5.73 Å². The largest absolute Gasteiger partial charge is 0.391 e. The number of aliphatic hydroxyl groups is 1. The molecule has 6 heteroatoms. The molecule has 2 atom stereocenters. The molecular weight excluding hydrogens is 202 g/mol. The van der Waals surface area contributed by atoms with Gasteiger partial charge >= 0.3 is 0 Å². The molecule has 0 aliphatic heterocycles. The Kier molecular flexibility index (Phi) is 3.45. The van der Waals surface area contributed by atoms with Gasteiger partial charge in [0.25, 0.3) is 0 Å². The molecule has 1 aromatic rings. The first-order valence-corrected chi connectivity index (χ1v) is 4.46. The summed E-state index contributed by atoms with van der Waals surface area (Å²) < 4.78 is 0.298. The number of H-pyrrole nitrogens is 1. The smallest absolute Gasteiger partial charge is 0.196 e. The van der Waals surface area contributed by atoms with Gasteiger partial charge in [0.1, 0.15) is 0 Å². The van der Waals surface area contributed by atoms with Gasteiger partial charge in [-0.15, -0.1) is 0 Å². The number of nitrogens with zero attached hydrogens (tertiary/aromatic N) is 1. The second kappa shape index (κ2) is 4.41.